The molecule has 120 valence electrons. The summed E-state index contributed by atoms with van der Waals surface area (Å²) in [7, 11) is 0. The van der Waals surface area contributed by atoms with Gasteiger partial charge in [-0.1, -0.05) is 11.3 Å². The van der Waals surface area contributed by atoms with Crippen molar-refractivity contribution in [3.63, 3.8) is 0 Å². The molecule has 0 unspecified atom stereocenters. The van der Waals surface area contributed by atoms with Crippen molar-refractivity contribution in [2.75, 3.05) is 16.4 Å². The third-order valence-corrected chi connectivity index (χ3v) is 5.39. The van der Waals surface area contributed by atoms with E-state index in [1.54, 1.807) is 16.0 Å². The molecule has 2 heterocycles. The number of benzene rings is 1. The molecular formula is C15H15N3O3S2. The van der Waals surface area contributed by atoms with E-state index in [-0.39, 0.29) is 23.1 Å². The summed E-state index contributed by atoms with van der Waals surface area (Å²) in [5.41, 5.74) is 2.21. The Morgan fingerprint density at radius 2 is 2.22 bits per heavy atom. The summed E-state index contributed by atoms with van der Waals surface area (Å²) in [4.78, 5) is 36.0. The van der Waals surface area contributed by atoms with Crippen molar-refractivity contribution >= 4 is 46.3 Å². The van der Waals surface area contributed by atoms with Gasteiger partial charge in [0.05, 0.1) is 11.4 Å². The number of aryl methyl sites for hydroxylation is 1. The highest BCUT2D eigenvalue weighted by Gasteiger charge is 2.16. The van der Waals surface area contributed by atoms with Crippen LogP contribution in [-0.2, 0) is 16.1 Å². The number of hydrogen-bond donors (Lipinski definition) is 2. The molecule has 0 bridgehead atoms. The lowest BCUT2D eigenvalue weighted by Gasteiger charge is -2.17. The van der Waals surface area contributed by atoms with Gasteiger partial charge < -0.3 is 15.2 Å². The number of aromatic nitrogens is 1. The second-order valence-corrected chi connectivity index (χ2v) is 6.98. The number of anilines is 2. The molecule has 0 fully saturated rings. The minimum absolute atomic E-state index is 0.0433. The van der Waals surface area contributed by atoms with E-state index in [4.69, 9.17) is 0 Å². The van der Waals surface area contributed by atoms with Crippen molar-refractivity contribution in [3.8, 4) is 0 Å². The molecule has 0 atom stereocenters. The number of nitrogens with one attached hydrogen (secondary N) is 2. The van der Waals surface area contributed by atoms with E-state index in [1.165, 1.54) is 11.8 Å². The SMILES string of the molecule is Cc1csc(=O)n1CCC(=O)Nc1ccc2c(c1)NC(=O)CS2. The number of rotatable bonds is 4. The van der Waals surface area contributed by atoms with Gasteiger partial charge in [-0.2, -0.15) is 0 Å². The summed E-state index contributed by atoms with van der Waals surface area (Å²) in [5.74, 6) is 0.198. The first-order valence-corrected chi connectivity index (χ1v) is 8.91. The van der Waals surface area contributed by atoms with Gasteiger partial charge in [0.15, 0.2) is 0 Å². The molecule has 6 nitrogen and oxygen atoms in total. The lowest BCUT2D eigenvalue weighted by Crippen LogP contribution is -2.21. The summed E-state index contributed by atoms with van der Waals surface area (Å²) in [6.07, 6.45) is 0.218. The van der Waals surface area contributed by atoms with Gasteiger partial charge in [0.25, 0.3) is 0 Å². The zero-order chi connectivity index (χ0) is 16.4. The third-order valence-electron chi connectivity index (χ3n) is 3.44. The van der Waals surface area contributed by atoms with Crippen LogP contribution in [0.15, 0.2) is 33.3 Å². The number of amides is 2. The van der Waals surface area contributed by atoms with Crippen LogP contribution in [0.2, 0.25) is 0 Å². The number of thioether (sulfide) groups is 1. The first kappa shape index (κ1) is 15.8. The van der Waals surface area contributed by atoms with E-state index in [2.05, 4.69) is 10.6 Å². The fourth-order valence-electron chi connectivity index (χ4n) is 2.27. The van der Waals surface area contributed by atoms with E-state index in [0.29, 0.717) is 23.7 Å². The molecular weight excluding hydrogens is 334 g/mol. The topological polar surface area (TPSA) is 80.2 Å². The average molecular weight is 349 g/mol. The predicted molar refractivity (Wildman–Crippen MR) is 92.4 cm³/mol. The molecule has 1 aliphatic rings. The van der Waals surface area contributed by atoms with Crippen LogP contribution < -0.4 is 15.5 Å². The van der Waals surface area contributed by atoms with Gasteiger partial charge in [-0.15, -0.1) is 11.8 Å². The van der Waals surface area contributed by atoms with Crippen LogP contribution in [0.25, 0.3) is 0 Å². The number of thiazole rings is 1. The number of carbonyl (C=O) groups excluding carboxylic acids is 2. The van der Waals surface area contributed by atoms with Crippen LogP contribution in [0.5, 0.6) is 0 Å². The molecule has 2 amide bonds. The molecule has 0 spiro atoms. The lowest BCUT2D eigenvalue weighted by molar-refractivity contribution is -0.116. The minimum atomic E-state index is -0.169. The van der Waals surface area contributed by atoms with Crippen LogP contribution in [0.1, 0.15) is 12.1 Å². The van der Waals surface area contributed by atoms with E-state index in [1.807, 2.05) is 19.1 Å². The maximum absolute atomic E-state index is 12.0. The maximum Gasteiger partial charge on any atom is 0.307 e. The number of fused-ring (bicyclic) bond motifs is 1. The van der Waals surface area contributed by atoms with Crippen LogP contribution >= 0.6 is 23.1 Å². The van der Waals surface area contributed by atoms with Gasteiger partial charge in [-0.25, -0.2) is 0 Å². The normalized spacial score (nSPS) is 13.3. The summed E-state index contributed by atoms with van der Waals surface area (Å²) >= 11 is 2.61. The number of hydrogen-bond acceptors (Lipinski definition) is 5. The van der Waals surface area contributed by atoms with Crippen LogP contribution in [0.3, 0.4) is 0 Å². The molecule has 0 radical (unpaired) electrons. The van der Waals surface area contributed by atoms with Crippen LogP contribution in [-0.4, -0.2) is 22.1 Å². The third kappa shape index (κ3) is 3.65. The molecule has 23 heavy (non-hydrogen) atoms. The summed E-state index contributed by atoms with van der Waals surface area (Å²) < 4.78 is 1.59. The fourth-order valence-corrected chi connectivity index (χ4v) is 3.82. The zero-order valence-electron chi connectivity index (χ0n) is 12.4. The highest BCUT2D eigenvalue weighted by Crippen LogP contribution is 2.33. The van der Waals surface area contributed by atoms with Gasteiger partial charge in [0, 0.05) is 34.6 Å². The molecule has 2 aromatic rings. The van der Waals surface area contributed by atoms with Crippen molar-refractivity contribution in [2.24, 2.45) is 0 Å². The zero-order valence-corrected chi connectivity index (χ0v) is 14.1. The first-order chi connectivity index (χ1) is 11.0. The Morgan fingerprint density at radius 3 is 2.96 bits per heavy atom. The Balaban J connectivity index is 1.63. The van der Waals surface area contributed by atoms with E-state index >= 15 is 0 Å². The smallest absolute Gasteiger partial charge is 0.307 e. The fraction of sp³-hybridized carbons (Fsp3) is 0.267. The first-order valence-electron chi connectivity index (χ1n) is 7.04. The Morgan fingerprint density at radius 1 is 1.39 bits per heavy atom. The predicted octanol–water partition coefficient (Wildman–Crippen LogP) is 2.29. The van der Waals surface area contributed by atoms with Gasteiger partial charge in [0.1, 0.15) is 0 Å². The second kappa shape index (κ2) is 6.59. The van der Waals surface area contributed by atoms with E-state index in [9.17, 15) is 14.4 Å². The number of nitrogens with zero attached hydrogens (tertiary/aromatic N) is 1. The lowest BCUT2D eigenvalue weighted by atomic mass is 10.2. The Labute approximate surface area is 140 Å². The second-order valence-electron chi connectivity index (χ2n) is 5.14. The summed E-state index contributed by atoms with van der Waals surface area (Å²) in [5, 5.41) is 7.37. The Hall–Kier alpha value is -2.06. The Kier molecular flexibility index (Phi) is 4.53. The molecule has 1 aromatic carbocycles. The van der Waals surface area contributed by atoms with Crippen LogP contribution in [0.4, 0.5) is 11.4 Å². The van der Waals surface area contributed by atoms with E-state index < -0.39 is 0 Å². The van der Waals surface area contributed by atoms with Gasteiger partial charge in [0.2, 0.25) is 11.8 Å². The van der Waals surface area contributed by atoms with Crippen LogP contribution in [0, 0.1) is 6.92 Å². The quantitative estimate of drug-likeness (QED) is 0.887. The van der Waals surface area contributed by atoms with Crippen molar-refractivity contribution in [3.05, 3.63) is 38.9 Å². The summed E-state index contributed by atoms with van der Waals surface area (Å²) in [6.45, 7) is 2.21. The van der Waals surface area contributed by atoms with Gasteiger partial charge in [-0.05, 0) is 25.1 Å². The molecule has 0 aliphatic carbocycles. The van der Waals surface area contributed by atoms with Gasteiger partial charge in [-0.3, -0.25) is 14.4 Å². The van der Waals surface area contributed by atoms with Crippen molar-refractivity contribution in [2.45, 2.75) is 24.8 Å². The largest absolute Gasteiger partial charge is 0.326 e. The molecule has 3 rings (SSSR count). The molecule has 8 heteroatoms. The minimum Gasteiger partial charge on any atom is -0.326 e. The average Bonchev–Trinajstić information content (AvgIpc) is 2.83. The monoisotopic (exact) mass is 349 g/mol. The highest BCUT2D eigenvalue weighted by molar-refractivity contribution is 8.00. The highest BCUT2D eigenvalue weighted by atomic mass is 32.2. The molecule has 0 saturated heterocycles. The van der Waals surface area contributed by atoms with E-state index in [0.717, 1.165) is 21.9 Å². The standard InChI is InChI=1S/C15H15N3O3S2/c1-9-7-23-15(21)18(9)5-4-13(19)16-10-2-3-12-11(6-10)17-14(20)8-22-12/h2-3,6-7H,4-5,8H2,1H3,(H,16,19)(H,17,20). The Bertz CT molecular complexity index is 826. The van der Waals surface area contributed by atoms with Crippen molar-refractivity contribution < 1.29 is 9.59 Å². The molecule has 2 N–H and O–H groups in total. The summed E-state index contributed by atoms with van der Waals surface area (Å²) in [6, 6.07) is 5.44. The van der Waals surface area contributed by atoms with Crippen molar-refractivity contribution in [1.29, 1.82) is 0 Å². The maximum atomic E-state index is 12.0. The van der Waals surface area contributed by atoms with Crippen molar-refractivity contribution in [1.82, 2.24) is 4.57 Å². The molecule has 1 aliphatic heterocycles. The molecule has 0 saturated carbocycles. The molecule has 1 aromatic heterocycles. The van der Waals surface area contributed by atoms with Gasteiger partial charge >= 0.3 is 4.87 Å². The number of carbonyl (C=O) groups is 2.